The average Bonchev–Trinajstić information content (AvgIpc) is 2.47. The molecule has 0 radical (unpaired) electrons. The van der Waals surface area contributed by atoms with Gasteiger partial charge in [-0.15, -0.1) is 0 Å². The molecule has 4 nitrogen and oxygen atoms in total. The Morgan fingerprint density at radius 2 is 2.21 bits per heavy atom. The van der Waals surface area contributed by atoms with E-state index < -0.39 is 0 Å². The minimum Gasteiger partial charge on any atom is -0.384 e. The van der Waals surface area contributed by atoms with Crippen LogP contribution in [0.5, 0.6) is 0 Å². The Labute approximate surface area is 115 Å². The summed E-state index contributed by atoms with van der Waals surface area (Å²) in [6.07, 6.45) is 8.04. The fourth-order valence-electron chi connectivity index (χ4n) is 3.29. The second-order valence-electron chi connectivity index (χ2n) is 5.59. The molecule has 3 heterocycles. The molecule has 1 atom stereocenters. The van der Waals surface area contributed by atoms with Crippen LogP contribution in [0.4, 0.5) is 11.4 Å². The van der Waals surface area contributed by atoms with Crippen LogP contribution in [-0.2, 0) is 0 Å². The molecule has 0 amide bonds. The molecule has 2 saturated heterocycles. The topological polar surface area (TPSA) is 31.4 Å². The number of fused-ring (bicyclic) bond motifs is 1. The number of aromatic nitrogens is 1. The lowest BCUT2D eigenvalue weighted by molar-refractivity contribution is 0.133. The number of anilines is 2. The van der Waals surface area contributed by atoms with E-state index in [1.54, 1.807) is 0 Å². The van der Waals surface area contributed by atoms with Gasteiger partial charge < -0.3 is 10.2 Å². The molecule has 0 bridgehead atoms. The molecule has 4 heteroatoms. The van der Waals surface area contributed by atoms with E-state index in [4.69, 9.17) is 0 Å². The number of nitrogens with one attached hydrogen (secondary N) is 1. The summed E-state index contributed by atoms with van der Waals surface area (Å²) in [7, 11) is 0. The standard InChI is InChI=1S/C15H24N4/c1-2-17-13-9-15(11-16-10-13)19-8-7-18-6-4-3-5-14(18)12-19/h9-11,14,17H,2-8,12H2,1H3. The molecule has 1 N–H and O–H groups in total. The molecule has 2 aliphatic rings. The van der Waals surface area contributed by atoms with Crippen molar-refractivity contribution in [2.45, 2.75) is 32.2 Å². The molecule has 0 spiro atoms. The number of nitrogens with zero attached hydrogens (tertiary/aromatic N) is 3. The zero-order valence-electron chi connectivity index (χ0n) is 11.8. The van der Waals surface area contributed by atoms with E-state index in [-0.39, 0.29) is 0 Å². The van der Waals surface area contributed by atoms with Crippen molar-refractivity contribution in [3.8, 4) is 0 Å². The maximum atomic E-state index is 4.36. The Morgan fingerprint density at radius 3 is 3.11 bits per heavy atom. The lowest BCUT2D eigenvalue weighted by Gasteiger charge is -2.44. The molecule has 1 aromatic rings. The maximum Gasteiger partial charge on any atom is 0.0574 e. The molecule has 0 aromatic carbocycles. The first-order chi connectivity index (χ1) is 9.36. The third-order valence-corrected chi connectivity index (χ3v) is 4.31. The molecular formula is C15H24N4. The summed E-state index contributed by atoms with van der Waals surface area (Å²) in [5, 5.41) is 3.34. The molecule has 104 valence electrons. The molecule has 2 fully saturated rings. The third-order valence-electron chi connectivity index (χ3n) is 4.31. The van der Waals surface area contributed by atoms with Crippen molar-refractivity contribution in [1.29, 1.82) is 0 Å². The van der Waals surface area contributed by atoms with Crippen molar-refractivity contribution in [3.05, 3.63) is 18.5 Å². The number of hydrogen-bond acceptors (Lipinski definition) is 4. The number of rotatable bonds is 3. The highest BCUT2D eigenvalue weighted by molar-refractivity contribution is 5.56. The highest BCUT2D eigenvalue weighted by Gasteiger charge is 2.28. The highest BCUT2D eigenvalue weighted by Crippen LogP contribution is 2.25. The van der Waals surface area contributed by atoms with E-state index in [2.05, 4.69) is 33.1 Å². The quantitative estimate of drug-likeness (QED) is 0.902. The van der Waals surface area contributed by atoms with Gasteiger partial charge in [0.2, 0.25) is 0 Å². The van der Waals surface area contributed by atoms with Gasteiger partial charge in [0.05, 0.1) is 23.8 Å². The number of hydrogen-bond donors (Lipinski definition) is 1. The van der Waals surface area contributed by atoms with Gasteiger partial charge in [-0.25, -0.2) is 0 Å². The van der Waals surface area contributed by atoms with E-state index >= 15 is 0 Å². The van der Waals surface area contributed by atoms with Crippen LogP contribution in [0, 0.1) is 0 Å². The summed E-state index contributed by atoms with van der Waals surface area (Å²) in [6, 6.07) is 2.99. The van der Waals surface area contributed by atoms with Crippen molar-refractivity contribution in [3.63, 3.8) is 0 Å². The molecular weight excluding hydrogens is 236 g/mol. The predicted octanol–water partition coefficient (Wildman–Crippen LogP) is 2.19. The minimum atomic E-state index is 0.755. The van der Waals surface area contributed by atoms with Gasteiger partial charge in [-0.3, -0.25) is 9.88 Å². The Balaban J connectivity index is 1.70. The number of piperidine rings is 1. The third kappa shape index (κ3) is 2.84. The summed E-state index contributed by atoms with van der Waals surface area (Å²) >= 11 is 0. The molecule has 1 aromatic heterocycles. The van der Waals surface area contributed by atoms with Crippen LogP contribution in [0.2, 0.25) is 0 Å². The van der Waals surface area contributed by atoms with E-state index in [1.807, 2.05) is 12.4 Å². The van der Waals surface area contributed by atoms with Crippen LogP contribution < -0.4 is 10.2 Å². The van der Waals surface area contributed by atoms with E-state index in [0.29, 0.717) is 0 Å². The zero-order valence-corrected chi connectivity index (χ0v) is 11.8. The summed E-state index contributed by atoms with van der Waals surface area (Å²) < 4.78 is 0. The number of pyridine rings is 1. The Morgan fingerprint density at radius 1 is 1.26 bits per heavy atom. The molecule has 2 aliphatic heterocycles. The maximum absolute atomic E-state index is 4.36. The SMILES string of the molecule is CCNc1cncc(N2CCN3CCCCC3C2)c1. The van der Waals surface area contributed by atoms with Crippen LogP contribution >= 0.6 is 0 Å². The van der Waals surface area contributed by atoms with Gasteiger partial charge in [0.25, 0.3) is 0 Å². The minimum absolute atomic E-state index is 0.755. The largest absolute Gasteiger partial charge is 0.384 e. The van der Waals surface area contributed by atoms with Gasteiger partial charge >= 0.3 is 0 Å². The van der Waals surface area contributed by atoms with Crippen molar-refractivity contribution in [2.24, 2.45) is 0 Å². The van der Waals surface area contributed by atoms with Gasteiger partial charge in [-0.1, -0.05) is 6.42 Å². The van der Waals surface area contributed by atoms with Crippen LogP contribution in [0.3, 0.4) is 0 Å². The first-order valence-electron chi connectivity index (χ1n) is 7.54. The van der Waals surface area contributed by atoms with Gasteiger partial charge in [-0.05, 0) is 32.4 Å². The molecule has 1 unspecified atom stereocenters. The monoisotopic (exact) mass is 260 g/mol. The van der Waals surface area contributed by atoms with E-state index in [1.165, 1.54) is 38.0 Å². The molecule has 0 aliphatic carbocycles. The lowest BCUT2D eigenvalue weighted by Crippen LogP contribution is -2.54. The van der Waals surface area contributed by atoms with Crippen LogP contribution in [0.25, 0.3) is 0 Å². The van der Waals surface area contributed by atoms with Crippen molar-refractivity contribution >= 4 is 11.4 Å². The second kappa shape index (κ2) is 5.78. The predicted molar refractivity (Wildman–Crippen MR) is 79.8 cm³/mol. The summed E-state index contributed by atoms with van der Waals surface area (Å²) in [5.74, 6) is 0. The van der Waals surface area contributed by atoms with Crippen molar-refractivity contribution in [2.75, 3.05) is 42.9 Å². The Hall–Kier alpha value is -1.29. The van der Waals surface area contributed by atoms with Crippen LogP contribution in [0.15, 0.2) is 18.5 Å². The van der Waals surface area contributed by atoms with Gasteiger partial charge in [-0.2, -0.15) is 0 Å². The first kappa shape index (κ1) is 12.7. The van der Waals surface area contributed by atoms with Gasteiger partial charge in [0, 0.05) is 32.2 Å². The molecule has 3 rings (SSSR count). The first-order valence-corrected chi connectivity index (χ1v) is 7.54. The highest BCUT2D eigenvalue weighted by atomic mass is 15.3. The lowest BCUT2D eigenvalue weighted by atomic mass is 9.99. The molecule has 0 saturated carbocycles. The summed E-state index contributed by atoms with van der Waals surface area (Å²) in [5.41, 5.74) is 2.40. The smallest absolute Gasteiger partial charge is 0.0574 e. The van der Waals surface area contributed by atoms with Crippen molar-refractivity contribution in [1.82, 2.24) is 9.88 Å². The Bertz CT molecular complexity index is 420. The van der Waals surface area contributed by atoms with E-state index in [9.17, 15) is 0 Å². The second-order valence-corrected chi connectivity index (χ2v) is 5.59. The van der Waals surface area contributed by atoms with Crippen molar-refractivity contribution < 1.29 is 0 Å². The summed E-state index contributed by atoms with van der Waals surface area (Å²) in [4.78, 5) is 9.53. The average molecular weight is 260 g/mol. The number of piperazine rings is 1. The van der Waals surface area contributed by atoms with Crippen LogP contribution in [0.1, 0.15) is 26.2 Å². The summed E-state index contributed by atoms with van der Waals surface area (Å²) in [6.45, 7) is 7.87. The fraction of sp³-hybridized carbons (Fsp3) is 0.667. The van der Waals surface area contributed by atoms with Gasteiger partial charge in [0.1, 0.15) is 0 Å². The zero-order chi connectivity index (χ0) is 13.1. The Kier molecular flexibility index (Phi) is 3.87. The normalized spacial score (nSPS) is 24.1. The van der Waals surface area contributed by atoms with E-state index in [0.717, 1.165) is 31.4 Å². The van der Waals surface area contributed by atoms with Crippen LogP contribution in [-0.4, -0.2) is 48.6 Å². The molecule has 19 heavy (non-hydrogen) atoms. The van der Waals surface area contributed by atoms with Gasteiger partial charge in [0.15, 0.2) is 0 Å². The fourth-order valence-corrected chi connectivity index (χ4v) is 3.29.